The molecule has 0 radical (unpaired) electrons. The Bertz CT molecular complexity index is 265. The van der Waals surface area contributed by atoms with Crippen molar-refractivity contribution in [1.82, 2.24) is 9.97 Å². The highest BCUT2D eigenvalue weighted by Crippen LogP contribution is 2.08. The molecule has 72 valence electrons. The van der Waals surface area contributed by atoms with Gasteiger partial charge in [0.1, 0.15) is 0 Å². The molecule has 1 aromatic rings. The molecular formula is C9H15N3O. The van der Waals surface area contributed by atoms with Crippen LogP contribution in [0.2, 0.25) is 0 Å². The van der Waals surface area contributed by atoms with Crippen molar-refractivity contribution in [2.45, 2.75) is 32.9 Å². The summed E-state index contributed by atoms with van der Waals surface area (Å²) < 4.78 is 5.48. The van der Waals surface area contributed by atoms with E-state index in [4.69, 9.17) is 10.5 Å². The van der Waals surface area contributed by atoms with E-state index in [-0.39, 0.29) is 6.10 Å². The van der Waals surface area contributed by atoms with Gasteiger partial charge < -0.3 is 10.5 Å². The molecule has 2 N–H and O–H groups in total. The fraction of sp³-hybridized carbons (Fsp3) is 0.556. The molecule has 4 heteroatoms. The van der Waals surface area contributed by atoms with Crippen LogP contribution < -0.4 is 10.5 Å². The second-order valence-corrected chi connectivity index (χ2v) is 2.89. The van der Waals surface area contributed by atoms with Crippen LogP contribution in [0.1, 0.15) is 26.0 Å². The quantitative estimate of drug-likeness (QED) is 0.756. The van der Waals surface area contributed by atoms with E-state index >= 15 is 0 Å². The number of nitrogens with zero attached hydrogens (tertiary/aromatic N) is 2. The van der Waals surface area contributed by atoms with Gasteiger partial charge in [-0.05, 0) is 13.3 Å². The van der Waals surface area contributed by atoms with Crippen molar-refractivity contribution < 1.29 is 4.74 Å². The van der Waals surface area contributed by atoms with E-state index in [1.165, 1.54) is 0 Å². The summed E-state index contributed by atoms with van der Waals surface area (Å²) in [6, 6.07) is 0. The van der Waals surface area contributed by atoms with Gasteiger partial charge in [0.2, 0.25) is 5.88 Å². The first-order valence-corrected chi connectivity index (χ1v) is 4.44. The van der Waals surface area contributed by atoms with Gasteiger partial charge in [0.05, 0.1) is 18.0 Å². The second-order valence-electron chi connectivity index (χ2n) is 2.89. The molecule has 0 fully saturated rings. The van der Waals surface area contributed by atoms with Crippen LogP contribution in [0.4, 0.5) is 0 Å². The Labute approximate surface area is 78.1 Å². The first-order valence-electron chi connectivity index (χ1n) is 4.44. The maximum Gasteiger partial charge on any atom is 0.232 e. The maximum atomic E-state index is 5.48. The van der Waals surface area contributed by atoms with Crippen LogP contribution in [-0.2, 0) is 6.54 Å². The topological polar surface area (TPSA) is 61.0 Å². The molecule has 1 heterocycles. The summed E-state index contributed by atoms with van der Waals surface area (Å²) in [6.45, 7) is 4.45. The lowest BCUT2D eigenvalue weighted by Gasteiger charge is -2.11. The Balaban J connectivity index is 2.66. The molecular weight excluding hydrogens is 166 g/mol. The van der Waals surface area contributed by atoms with Gasteiger partial charge in [-0.1, -0.05) is 6.92 Å². The van der Waals surface area contributed by atoms with Crippen molar-refractivity contribution in [3.05, 3.63) is 18.1 Å². The van der Waals surface area contributed by atoms with Crippen molar-refractivity contribution >= 4 is 0 Å². The van der Waals surface area contributed by atoms with Gasteiger partial charge in [-0.3, -0.25) is 4.98 Å². The number of aromatic nitrogens is 2. The minimum absolute atomic E-state index is 0.169. The fourth-order valence-electron chi connectivity index (χ4n) is 0.831. The minimum Gasteiger partial charge on any atom is -0.474 e. The summed E-state index contributed by atoms with van der Waals surface area (Å²) in [5.74, 6) is 0.553. The predicted octanol–water partition coefficient (Wildman–Crippen LogP) is 1.11. The van der Waals surface area contributed by atoms with E-state index in [0.717, 1.165) is 12.1 Å². The fourth-order valence-corrected chi connectivity index (χ4v) is 0.831. The van der Waals surface area contributed by atoms with Crippen molar-refractivity contribution in [2.24, 2.45) is 5.73 Å². The molecule has 1 atom stereocenters. The molecule has 0 bridgehead atoms. The number of hydrogen-bond acceptors (Lipinski definition) is 4. The predicted molar refractivity (Wildman–Crippen MR) is 50.3 cm³/mol. The van der Waals surface area contributed by atoms with Crippen LogP contribution in [0.25, 0.3) is 0 Å². The molecule has 1 unspecified atom stereocenters. The highest BCUT2D eigenvalue weighted by molar-refractivity contribution is 5.08. The van der Waals surface area contributed by atoms with Crippen LogP contribution in [0.5, 0.6) is 5.88 Å². The number of nitrogens with two attached hydrogens (primary N) is 1. The summed E-state index contributed by atoms with van der Waals surface area (Å²) in [6.07, 6.45) is 4.37. The molecule has 1 aromatic heterocycles. The van der Waals surface area contributed by atoms with Crippen LogP contribution in [0, 0.1) is 0 Å². The van der Waals surface area contributed by atoms with Gasteiger partial charge in [0.25, 0.3) is 0 Å². The van der Waals surface area contributed by atoms with Crippen molar-refractivity contribution in [3.8, 4) is 5.88 Å². The van der Waals surface area contributed by atoms with E-state index in [9.17, 15) is 0 Å². The van der Waals surface area contributed by atoms with E-state index in [1.54, 1.807) is 12.4 Å². The van der Waals surface area contributed by atoms with Gasteiger partial charge in [-0.25, -0.2) is 4.98 Å². The molecule has 0 saturated heterocycles. The van der Waals surface area contributed by atoms with Gasteiger partial charge in [-0.15, -0.1) is 0 Å². The summed E-state index contributed by atoms with van der Waals surface area (Å²) in [7, 11) is 0. The summed E-state index contributed by atoms with van der Waals surface area (Å²) in [5.41, 5.74) is 6.17. The minimum atomic E-state index is 0.169. The lowest BCUT2D eigenvalue weighted by atomic mass is 10.3. The van der Waals surface area contributed by atoms with Crippen molar-refractivity contribution in [3.63, 3.8) is 0 Å². The summed E-state index contributed by atoms with van der Waals surface area (Å²) in [5, 5.41) is 0. The van der Waals surface area contributed by atoms with E-state index in [1.807, 2.05) is 6.92 Å². The zero-order valence-corrected chi connectivity index (χ0v) is 8.03. The molecule has 0 amide bonds. The zero-order chi connectivity index (χ0) is 9.68. The van der Waals surface area contributed by atoms with Crippen LogP contribution >= 0.6 is 0 Å². The van der Waals surface area contributed by atoms with Gasteiger partial charge in [0.15, 0.2) is 0 Å². The third-order valence-electron chi connectivity index (χ3n) is 1.77. The molecule has 0 saturated carbocycles. The average molecular weight is 181 g/mol. The van der Waals surface area contributed by atoms with Gasteiger partial charge in [0, 0.05) is 12.7 Å². The molecule has 4 nitrogen and oxygen atoms in total. The summed E-state index contributed by atoms with van der Waals surface area (Å²) in [4.78, 5) is 8.14. The number of rotatable bonds is 4. The second kappa shape index (κ2) is 4.77. The molecule has 0 aliphatic carbocycles. The smallest absolute Gasteiger partial charge is 0.232 e. The lowest BCUT2D eigenvalue weighted by molar-refractivity contribution is 0.207. The largest absolute Gasteiger partial charge is 0.474 e. The number of hydrogen-bond donors (Lipinski definition) is 1. The average Bonchev–Trinajstić information content (AvgIpc) is 2.18. The standard InChI is InChI=1S/C9H15N3O/c1-3-7(2)13-9-6-11-5-8(4-10)12-9/h5-7H,3-4,10H2,1-2H3. The van der Waals surface area contributed by atoms with E-state index in [0.29, 0.717) is 12.4 Å². The Kier molecular flexibility index (Phi) is 3.64. The Morgan fingerprint density at radius 2 is 2.31 bits per heavy atom. The highest BCUT2D eigenvalue weighted by Gasteiger charge is 2.02. The molecule has 0 aliphatic heterocycles. The van der Waals surface area contributed by atoms with Crippen molar-refractivity contribution in [2.75, 3.05) is 0 Å². The lowest BCUT2D eigenvalue weighted by Crippen LogP contribution is -2.12. The maximum absolute atomic E-state index is 5.48. The van der Waals surface area contributed by atoms with E-state index < -0.39 is 0 Å². The molecule has 1 rings (SSSR count). The molecule has 13 heavy (non-hydrogen) atoms. The molecule has 0 aromatic carbocycles. The zero-order valence-electron chi connectivity index (χ0n) is 8.03. The Hall–Kier alpha value is -1.16. The first-order chi connectivity index (χ1) is 6.26. The van der Waals surface area contributed by atoms with Crippen LogP contribution in [0.15, 0.2) is 12.4 Å². The molecule has 0 aliphatic rings. The van der Waals surface area contributed by atoms with E-state index in [2.05, 4.69) is 16.9 Å². The Morgan fingerprint density at radius 3 is 2.92 bits per heavy atom. The van der Waals surface area contributed by atoms with Gasteiger partial charge >= 0.3 is 0 Å². The number of ether oxygens (including phenoxy) is 1. The van der Waals surface area contributed by atoms with Crippen molar-refractivity contribution in [1.29, 1.82) is 0 Å². The third kappa shape index (κ3) is 2.99. The van der Waals surface area contributed by atoms with Crippen LogP contribution in [-0.4, -0.2) is 16.1 Å². The Morgan fingerprint density at radius 1 is 1.54 bits per heavy atom. The summed E-state index contributed by atoms with van der Waals surface area (Å²) >= 11 is 0. The normalized spacial score (nSPS) is 12.5. The monoisotopic (exact) mass is 181 g/mol. The third-order valence-corrected chi connectivity index (χ3v) is 1.77. The molecule has 0 spiro atoms. The SMILES string of the molecule is CCC(C)Oc1cncc(CN)n1. The first kappa shape index (κ1) is 9.92. The van der Waals surface area contributed by atoms with Gasteiger partial charge in [-0.2, -0.15) is 0 Å². The van der Waals surface area contributed by atoms with Crippen LogP contribution in [0.3, 0.4) is 0 Å². The highest BCUT2D eigenvalue weighted by atomic mass is 16.5.